The summed E-state index contributed by atoms with van der Waals surface area (Å²) in [6.45, 7) is 7.83. The first kappa shape index (κ1) is 15.2. The molecular formula is C17H29N. The van der Waals surface area contributed by atoms with Crippen LogP contribution in [0.15, 0.2) is 18.2 Å². The second-order valence-corrected chi connectivity index (χ2v) is 5.31. The predicted octanol–water partition coefficient (Wildman–Crippen LogP) is 4.44. The summed E-state index contributed by atoms with van der Waals surface area (Å²) >= 11 is 0. The van der Waals surface area contributed by atoms with Gasteiger partial charge in [-0.25, -0.2) is 0 Å². The van der Waals surface area contributed by atoms with Crippen LogP contribution in [0.1, 0.15) is 62.1 Å². The molecule has 1 atom stereocenters. The zero-order valence-corrected chi connectivity index (χ0v) is 12.6. The summed E-state index contributed by atoms with van der Waals surface area (Å²) in [7, 11) is 2.06. The van der Waals surface area contributed by atoms with Crippen molar-refractivity contribution in [2.45, 2.75) is 58.8 Å². The van der Waals surface area contributed by atoms with Gasteiger partial charge in [0.15, 0.2) is 0 Å². The van der Waals surface area contributed by atoms with Gasteiger partial charge in [0, 0.05) is 6.54 Å². The van der Waals surface area contributed by atoms with Crippen molar-refractivity contribution in [3.8, 4) is 0 Å². The van der Waals surface area contributed by atoms with Gasteiger partial charge in [0.2, 0.25) is 0 Å². The molecule has 0 aromatic heterocycles. The van der Waals surface area contributed by atoms with Gasteiger partial charge in [-0.3, -0.25) is 0 Å². The molecule has 1 nitrogen and oxygen atoms in total. The van der Waals surface area contributed by atoms with Crippen molar-refractivity contribution in [2.24, 2.45) is 0 Å². The van der Waals surface area contributed by atoms with Crippen molar-refractivity contribution >= 4 is 0 Å². The van der Waals surface area contributed by atoms with Crippen LogP contribution in [0.5, 0.6) is 0 Å². The fourth-order valence-corrected chi connectivity index (χ4v) is 2.67. The van der Waals surface area contributed by atoms with Crippen molar-refractivity contribution in [2.75, 3.05) is 13.6 Å². The van der Waals surface area contributed by atoms with E-state index in [2.05, 4.69) is 51.3 Å². The van der Waals surface area contributed by atoms with Crippen LogP contribution < -0.4 is 5.32 Å². The minimum atomic E-state index is 0.677. The van der Waals surface area contributed by atoms with Crippen LogP contribution in [-0.4, -0.2) is 13.6 Å². The molecule has 1 aromatic carbocycles. The van der Waals surface area contributed by atoms with Crippen LogP contribution in [0.25, 0.3) is 0 Å². The molecule has 102 valence electrons. The van der Waals surface area contributed by atoms with Crippen molar-refractivity contribution < 1.29 is 0 Å². The quantitative estimate of drug-likeness (QED) is 0.670. The molecule has 0 spiro atoms. The molecule has 1 heteroatoms. The van der Waals surface area contributed by atoms with E-state index in [1.54, 1.807) is 5.56 Å². The molecule has 1 aromatic rings. The van der Waals surface area contributed by atoms with Crippen molar-refractivity contribution in [1.29, 1.82) is 0 Å². The van der Waals surface area contributed by atoms with Gasteiger partial charge in [-0.05, 0) is 43.9 Å². The van der Waals surface area contributed by atoms with E-state index in [-0.39, 0.29) is 0 Å². The molecule has 0 aliphatic heterocycles. The fourth-order valence-electron chi connectivity index (χ4n) is 2.67. The van der Waals surface area contributed by atoms with Crippen LogP contribution in [-0.2, 0) is 6.42 Å². The molecule has 1 unspecified atom stereocenters. The summed E-state index contributed by atoms with van der Waals surface area (Å²) in [5, 5.41) is 3.36. The van der Waals surface area contributed by atoms with E-state index >= 15 is 0 Å². The Balaban J connectivity index is 2.85. The Morgan fingerprint density at radius 3 is 2.56 bits per heavy atom. The summed E-state index contributed by atoms with van der Waals surface area (Å²) in [4.78, 5) is 0. The number of benzene rings is 1. The zero-order chi connectivity index (χ0) is 13.4. The average Bonchev–Trinajstić information content (AvgIpc) is 2.38. The third-order valence-corrected chi connectivity index (χ3v) is 3.73. The lowest BCUT2D eigenvalue weighted by atomic mass is 9.87. The second kappa shape index (κ2) is 8.31. The van der Waals surface area contributed by atoms with Crippen LogP contribution in [0.4, 0.5) is 0 Å². The molecule has 0 amide bonds. The van der Waals surface area contributed by atoms with Gasteiger partial charge in [0.25, 0.3) is 0 Å². The van der Waals surface area contributed by atoms with Crippen molar-refractivity contribution in [3.63, 3.8) is 0 Å². The minimum Gasteiger partial charge on any atom is -0.319 e. The number of hydrogen-bond donors (Lipinski definition) is 1. The molecule has 0 heterocycles. The predicted molar refractivity (Wildman–Crippen MR) is 81.4 cm³/mol. The van der Waals surface area contributed by atoms with Gasteiger partial charge in [-0.1, -0.05) is 56.9 Å². The number of likely N-dealkylation sites (N-methyl/N-ethyl adjacent to an activating group) is 1. The highest BCUT2D eigenvalue weighted by atomic mass is 14.8. The van der Waals surface area contributed by atoms with Gasteiger partial charge in [0.1, 0.15) is 0 Å². The summed E-state index contributed by atoms with van der Waals surface area (Å²) in [6.07, 6.45) is 6.46. The summed E-state index contributed by atoms with van der Waals surface area (Å²) in [6, 6.07) is 6.95. The highest BCUT2D eigenvalue weighted by Gasteiger charge is 2.14. The maximum Gasteiger partial charge on any atom is 0.00172 e. The molecular weight excluding hydrogens is 218 g/mol. The number of unbranched alkanes of at least 4 members (excludes halogenated alkanes) is 2. The Kier molecular flexibility index (Phi) is 7.04. The smallest absolute Gasteiger partial charge is 0.00172 e. The first-order valence-electron chi connectivity index (χ1n) is 7.46. The maximum atomic E-state index is 3.36. The van der Waals surface area contributed by atoms with Gasteiger partial charge >= 0.3 is 0 Å². The maximum absolute atomic E-state index is 3.36. The molecule has 0 saturated carbocycles. The van der Waals surface area contributed by atoms with E-state index in [4.69, 9.17) is 0 Å². The molecule has 1 rings (SSSR count). The number of rotatable bonds is 8. The molecule has 0 fully saturated rings. The molecule has 0 saturated heterocycles. The Bertz CT molecular complexity index is 343. The lowest BCUT2D eigenvalue weighted by molar-refractivity contribution is 0.539. The standard InChI is InChI=1S/C17H29N/c1-5-7-8-9-16(13-18-4)17-12-14(3)10-11-15(17)6-2/h10-12,16,18H,5-9,13H2,1-4H3. The average molecular weight is 247 g/mol. The third kappa shape index (κ3) is 4.45. The second-order valence-electron chi connectivity index (χ2n) is 5.31. The first-order valence-corrected chi connectivity index (χ1v) is 7.46. The molecule has 0 bridgehead atoms. The number of nitrogens with one attached hydrogen (secondary N) is 1. The third-order valence-electron chi connectivity index (χ3n) is 3.73. The highest BCUT2D eigenvalue weighted by molar-refractivity contribution is 5.34. The minimum absolute atomic E-state index is 0.677. The lowest BCUT2D eigenvalue weighted by Crippen LogP contribution is -2.18. The monoisotopic (exact) mass is 247 g/mol. The number of aryl methyl sites for hydroxylation is 2. The topological polar surface area (TPSA) is 12.0 Å². The van der Waals surface area contributed by atoms with E-state index in [0.717, 1.165) is 13.0 Å². The van der Waals surface area contributed by atoms with E-state index < -0.39 is 0 Å². The van der Waals surface area contributed by atoms with Crippen molar-refractivity contribution in [3.05, 3.63) is 34.9 Å². The molecule has 0 aliphatic carbocycles. The van der Waals surface area contributed by atoms with Crippen LogP contribution in [0.2, 0.25) is 0 Å². The van der Waals surface area contributed by atoms with Crippen molar-refractivity contribution in [1.82, 2.24) is 5.32 Å². The van der Waals surface area contributed by atoms with Gasteiger partial charge in [-0.15, -0.1) is 0 Å². The summed E-state index contributed by atoms with van der Waals surface area (Å²) in [5.41, 5.74) is 4.49. The van der Waals surface area contributed by atoms with Gasteiger partial charge < -0.3 is 5.32 Å². The van der Waals surface area contributed by atoms with Gasteiger partial charge in [0.05, 0.1) is 0 Å². The number of hydrogen-bond acceptors (Lipinski definition) is 1. The van der Waals surface area contributed by atoms with Crippen LogP contribution in [0.3, 0.4) is 0 Å². The largest absolute Gasteiger partial charge is 0.319 e. The zero-order valence-electron chi connectivity index (χ0n) is 12.6. The lowest BCUT2D eigenvalue weighted by Gasteiger charge is -2.20. The Morgan fingerprint density at radius 1 is 1.17 bits per heavy atom. The molecule has 18 heavy (non-hydrogen) atoms. The van der Waals surface area contributed by atoms with E-state index in [9.17, 15) is 0 Å². The fraction of sp³-hybridized carbons (Fsp3) is 0.647. The Morgan fingerprint density at radius 2 is 1.94 bits per heavy atom. The summed E-state index contributed by atoms with van der Waals surface area (Å²) in [5.74, 6) is 0.677. The molecule has 0 aliphatic rings. The van der Waals surface area contributed by atoms with E-state index in [1.165, 1.54) is 36.8 Å². The van der Waals surface area contributed by atoms with Crippen LogP contribution >= 0.6 is 0 Å². The summed E-state index contributed by atoms with van der Waals surface area (Å²) < 4.78 is 0. The first-order chi connectivity index (χ1) is 8.72. The SMILES string of the molecule is CCCCCC(CNC)c1cc(C)ccc1CC. The van der Waals surface area contributed by atoms with Crippen LogP contribution in [0, 0.1) is 6.92 Å². The van der Waals surface area contributed by atoms with Gasteiger partial charge in [-0.2, -0.15) is 0 Å². The Labute approximate surface area is 113 Å². The molecule has 0 radical (unpaired) electrons. The molecule has 1 N–H and O–H groups in total. The van der Waals surface area contributed by atoms with E-state index in [0.29, 0.717) is 5.92 Å². The normalized spacial score (nSPS) is 12.7. The van der Waals surface area contributed by atoms with E-state index in [1.807, 2.05) is 0 Å². The Hall–Kier alpha value is -0.820. The highest BCUT2D eigenvalue weighted by Crippen LogP contribution is 2.26.